The van der Waals surface area contributed by atoms with Crippen LogP contribution in [0.3, 0.4) is 0 Å². The standard InChI is InChI=1S/C20H29N5O2/c1-4-21-20(22-10-9-16-5-7-18(26-3)8-6-16)25-11-12-27-19(15-25)17-13-23-24(2)14-17/h5-8,13-14,19H,4,9-12,15H2,1-3H3,(H,21,22). The maximum Gasteiger partial charge on any atom is 0.194 e. The van der Waals surface area contributed by atoms with Crippen LogP contribution in [0.2, 0.25) is 0 Å². The molecule has 0 bridgehead atoms. The zero-order valence-corrected chi connectivity index (χ0v) is 16.4. The number of aromatic nitrogens is 2. The molecule has 1 unspecified atom stereocenters. The minimum absolute atomic E-state index is 0.0258. The van der Waals surface area contributed by atoms with Crippen LogP contribution in [-0.2, 0) is 18.2 Å². The van der Waals surface area contributed by atoms with Gasteiger partial charge in [-0.05, 0) is 31.0 Å². The molecule has 1 N–H and O–H groups in total. The molecule has 1 saturated heterocycles. The minimum Gasteiger partial charge on any atom is -0.497 e. The van der Waals surface area contributed by atoms with Crippen LogP contribution < -0.4 is 10.1 Å². The highest BCUT2D eigenvalue weighted by molar-refractivity contribution is 5.80. The Morgan fingerprint density at radius 3 is 2.85 bits per heavy atom. The van der Waals surface area contributed by atoms with E-state index in [1.807, 2.05) is 36.3 Å². The number of hydrogen-bond acceptors (Lipinski definition) is 4. The molecule has 0 spiro atoms. The van der Waals surface area contributed by atoms with Crippen molar-refractivity contribution >= 4 is 5.96 Å². The van der Waals surface area contributed by atoms with Crippen molar-refractivity contribution in [1.29, 1.82) is 0 Å². The first-order chi connectivity index (χ1) is 13.2. The summed E-state index contributed by atoms with van der Waals surface area (Å²) >= 11 is 0. The predicted molar refractivity (Wildman–Crippen MR) is 106 cm³/mol. The fourth-order valence-electron chi connectivity index (χ4n) is 3.16. The molecule has 0 saturated carbocycles. The molecule has 0 radical (unpaired) electrons. The second kappa shape index (κ2) is 9.41. The first-order valence-electron chi connectivity index (χ1n) is 9.46. The summed E-state index contributed by atoms with van der Waals surface area (Å²) in [6.45, 7) is 5.98. The van der Waals surface area contributed by atoms with Crippen LogP contribution in [0.15, 0.2) is 41.7 Å². The Morgan fingerprint density at radius 1 is 1.37 bits per heavy atom. The van der Waals surface area contributed by atoms with Crippen molar-refractivity contribution in [3.05, 3.63) is 47.8 Å². The SMILES string of the molecule is CCNC(=NCCc1ccc(OC)cc1)N1CCOC(c2cnn(C)c2)C1. The monoisotopic (exact) mass is 371 g/mol. The van der Waals surface area contributed by atoms with Crippen molar-refractivity contribution in [3.63, 3.8) is 0 Å². The zero-order chi connectivity index (χ0) is 19.1. The topological polar surface area (TPSA) is 63.9 Å². The number of methoxy groups -OCH3 is 1. The van der Waals surface area contributed by atoms with Gasteiger partial charge in [0.05, 0.1) is 26.5 Å². The highest BCUT2D eigenvalue weighted by Crippen LogP contribution is 2.21. The number of ether oxygens (including phenoxy) is 2. The van der Waals surface area contributed by atoms with Gasteiger partial charge in [-0.1, -0.05) is 12.1 Å². The van der Waals surface area contributed by atoms with Crippen LogP contribution in [-0.4, -0.2) is 60.5 Å². The number of aryl methyl sites for hydroxylation is 1. The van der Waals surface area contributed by atoms with Crippen molar-refractivity contribution in [2.45, 2.75) is 19.4 Å². The van der Waals surface area contributed by atoms with Gasteiger partial charge in [-0.15, -0.1) is 0 Å². The average Bonchev–Trinajstić information content (AvgIpc) is 3.14. The van der Waals surface area contributed by atoms with E-state index < -0.39 is 0 Å². The molecule has 146 valence electrons. The summed E-state index contributed by atoms with van der Waals surface area (Å²) in [4.78, 5) is 7.11. The van der Waals surface area contributed by atoms with Crippen molar-refractivity contribution < 1.29 is 9.47 Å². The van der Waals surface area contributed by atoms with Gasteiger partial charge in [-0.25, -0.2) is 0 Å². The summed E-state index contributed by atoms with van der Waals surface area (Å²) in [6.07, 6.45) is 4.82. The third kappa shape index (κ3) is 5.23. The van der Waals surface area contributed by atoms with Crippen molar-refractivity contribution in [3.8, 4) is 5.75 Å². The Labute approximate surface area is 161 Å². The van der Waals surface area contributed by atoms with E-state index in [1.54, 1.807) is 7.11 Å². The molecule has 3 rings (SSSR count). The molecular formula is C20H29N5O2. The molecule has 7 nitrogen and oxygen atoms in total. The molecule has 1 aliphatic heterocycles. The molecular weight excluding hydrogens is 342 g/mol. The molecule has 1 aromatic carbocycles. The lowest BCUT2D eigenvalue weighted by atomic mass is 10.1. The van der Waals surface area contributed by atoms with Crippen molar-refractivity contribution in [1.82, 2.24) is 20.0 Å². The Balaban J connectivity index is 1.61. The number of guanidine groups is 1. The third-order valence-electron chi connectivity index (χ3n) is 4.62. The van der Waals surface area contributed by atoms with Gasteiger partial charge in [0.15, 0.2) is 5.96 Å². The fraction of sp³-hybridized carbons (Fsp3) is 0.500. The number of rotatable bonds is 6. The number of hydrogen-bond donors (Lipinski definition) is 1. The van der Waals surface area contributed by atoms with Gasteiger partial charge in [0, 0.05) is 38.4 Å². The highest BCUT2D eigenvalue weighted by atomic mass is 16.5. The molecule has 1 atom stereocenters. The summed E-state index contributed by atoms with van der Waals surface area (Å²) in [5.41, 5.74) is 2.36. The zero-order valence-electron chi connectivity index (χ0n) is 16.4. The first kappa shape index (κ1) is 19.2. The van der Waals surface area contributed by atoms with E-state index in [2.05, 4.69) is 34.4 Å². The second-order valence-electron chi connectivity index (χ2n) is 6.59. The van der Waals surface area contributed by atoms with Crippen LogP contribution in [0.5, 0.6) is 5.75 Å². The van der Waals surface area contributed by atoms with E-state index in [0.717, 1.165) is 49.9 Å². The lowest BCUT2D eigenvalue weighted by molar-refractivity contribution is -0.00803. The van der Waals surface area contributed by atoms with Crippen LogP contribution in [0.1, 0.15) is 24.2 Å². The van der Waals surface area contributed by atoms with Gasteiger partial charge in [0.1, 0.15) is 11.9 Å². The smallest absolute Gasteiger partial charge is 0.194 e. The largest absolute Gasteiger partial charge is 0.497 e. The molecule has 7 heteroatoms. The number of morpholine rings is 1. The molecule has 1 fully saturated rings. The first-order valence-corrected chi connectivity index (χ1v) is 9.46. The van der Waals surface area contributed by atoms with Crippen LogP contribution in [0.4, 0.5) is 0 Å². The van der Waals surface area contributed by atoms with E-state index in [-0.39, 0.29) is 6.10 Å². The Bertz CT molecular complexity index is 741. The second-order valence-corrected chi connectivity index (χ2v) is 6.59. The normalized spacial score (nSPS) is 17.8. The van der Waals surface area contributed by atoms with Gasteiger partial charge in [0.25, 0.3) is 0 Å². The number of benzene rings is 1. The molecule has 2 heterocycles. The lowest BCUT2D eigenvalue weighted by Crippen LogP contribution is -2.48. The molecule has 27 heavy (non-hydrogen) atoms. The van der Waals surface area contributed by atoms with Crippen LogP contribution in [0, 0.1) is 0 Å². The molecule has 1 aromatic heterocycles. The molecule has 2 aromatic rings. The Hall–Kier alpha value is -2.54. The number of aliphatic imine (C=N–C) groups is 1. The van der Waals surface area contributed by atoms with Gasteiger partial charge in [-0.3, -0.25) is 9.67 Å². The number of nitrogens with one attached hydrogen (secondary N) is 1. The predicted octanol–water partition coefficient (Wildman–Crippen LogP) is 2.01. The molecule has 0 amide bonds. The van der Waals surface area contributed by atoms with E-state index in [4.69, 9.17) is 14.5 Å². The van der Waals surface area contributed by atoms with E-state index in [0.29, 0.717) is 6.61 Å². The Morgan fingerprint density at radius 2 is 2.19 bits per heavy atom. The quantitative estimate of drug-likeness (QED) is 0.622. The van der Waals surface area contributed by atoms with Crippen molar-refractivity contribution in [2.75, 3.05) is 39.9 Å². The summed E-state index contributed by atoms with van der Waals surface area (Å²) in [5.74, 6) is 1.83. The highest BCUT2D eigenvalue weighted by Gasteiger charge is 2.25. The molecule has 0 aliphatic carbocycles. The maximum atomic E-state index is 5.94. The van der Waals surface area contributed by atoms with Crippen molar-refractivity contribution in [2.24, 2.45) is 12.0 Å². The van der Waals surface area contributed by atoms with Gasteiger partial charge < -0.3 is 19.7 Å². The summed E-state index contributed by atoms with van der Waals surface area (Å²) < 4.78 is 13.0. The van der Waals surface area contributed by atoms with Crippen LogP contribution in [0.25, 0.3) is 0 Å². The Kier molecular flexibility index (Phi) is 6.70. The third-order valence-corrected chi connectivity index (χ3v) is 4.62. The number of nitrogens with zero attached hydrogens (tertiary/aromatic N) is 4. The molecule has 1 aliphatic rings. The van der Waals surface area contributed by atoms with Crippen LogP contribution >= 0.6 is 0 Å². The van der Waals surface area contributed by atoms with Gasteiger partial charge in [-0.2, -0.15) is 5.10 Å². The average molecular weight is 371 g/mol. The van der Waals surface area contributed by atoms with E-state index in [9.17, 15) is 0 Å². The maximum absolute atomic E-state index is 5.94. The minimum atomic E-state index is 0.0258. The lowest BCUT2D eigenvalue weighted by Gasteiger charge is -2.34. The van der Waals surface area contributed by atoms with E-state index >= 15 is 0 Å². The van der Waals surface area contributed by atoms with E-state index in [1.165, 1.54) is 5.56 Å². The fourth-order valence-corrected chi connectivity index (χ4v) is 3.16. The van der Waals surface area contributed by atoms with Gasteiger partial charge in [0.2, 0.25) is 0 Å². The summed E-state index contributed by atoms with van der Waals surface area (Å²) in [5, 5.41) is 7.67. The summed E-state index contributed by atoms with van der Waals surface area (Å²) in [6, 6.07) is 8.17. The summed E-state index contributed by atoms with van der Waals surface area (Å²) in [7, 11) is 3.61. The van der Waals surface area contributed by atoms with Gasteiger partial charge >= 0.3 is 0 Å².